The topological polar surface area (TPSA) is 75.4 Å². The van der Waals surface area contributed by atoms with Gasteiger partial charge in [0.1, 0.15) is 0 Å². The first-order valence-corrected chi connectivity index (χ1v) is 8.28. The van der Waals surface area contributed by atoms with E-state index >= 15 is 0 Å². The Morgan fingerprint density at radius 3 is 2.60 bits per heavy atom. The molecule has 0 heterocycles. The summed E-state index contributed by atoms with van der Waals surface area (Å²) < 4.78 is 27.2. The molecule has 0 spiro atoms. The van der Waals surface area contributed by atoms with Crippen molar-refractivity contribution < 1.29 is 8.42 Å². The largest absolute Gasteiger partial charge is 0.326 e. The molecule has 1 aromatic rings. The average molecular weight is 320 g/mol. The van der Waals surface area contributed by atoms with Gasteiger partial charge in [0, 0.05) is 17.6 Å². The van der Waals surface area contributed by atoms with E-state index in [0.29, 0.717) is 10.6 Å². The maximum Gasteiger partial charge on any atom is 0.240 e. The molecule has 0 radical (unpaired) electrons. The fourth-order valence-corrected chi connectivity index (χ4v) is 3.24. The zero-order chi connectivity index (χ0) is 15.3. The van der Waals surface area contributed by atoms with Gasteiger partial charge in [-0.25, -0.2) is 13.1 Å². The maximum atomic E-state index is 12.3. The quantitative estimate of drug-likeness (QED) is 0.797. The highest BCUT2D eigenvalue weighted by molar-refractivity contribution is 7.89. The zero-order valence-corrected chi connectivity index (χ0v) is 13.6. The van der Waals surface area contributed by atoms with Crippen molar-refractivity contribution in [2.24, 2.45) is 5.73 Å². The highest BCUT2D eigenvalue weighted by atomic mass is 35.5. The lowest BCUT2D eigenvalue weighted by molar-refractivity contribution is 0.379. The molecular weight excluding hydrogens is 298 g/mol. The van der Waals surface area contributed by atoms with E-state index < -0.39 is 10.0 Å². The summed E-state index contributed by atoms with van der Waals surface area (Å²) in [7, 11) is 0.365. The second-order valence-electron chi connectivity index (χ2n) is 5.07. The van der Waals surface area contributed by atoms with Crippen LogP contribution in [0.3, 0.4) is 0 Å². The second-order valence-corrected chi connectivity index (χ2v) is 7.19. The van der Waals surface area contributed by atoms with Gasteiger partial charge < -0.3 is 10.6 Å². The number of rotatable bonds is 7. The summed E-state index contributed by atoms with van der Waals surface area (Å²) in [5.41, 5.74) is 6.16. The van der Waals surface area contributed by atoms with Crippen LogP contribution in [0.4, 0.5) is 0 Å². The van der Waals surface area contributed by atoms with Crippen LogP contribution >= 0.6 is 11.6 Å². The summed E-state index contributed by atoms with van der Waals surface area (Å²) >= 11 is 5.94. The lowest BCUT2D eigenvalue weighted by Crippen LogP contribution is -2.34. The van der Waals surface area contributed by atoms with Crippen LogP contribution in [0, 0.1) is 0 Å². The smallest absolute Gasteiger partial charge is 0.240 e. The van der Waals surface area contributed by atoms with Crippen LogP contribution < -0.4 is 10.5 Å². The molecule has 0 aliphatic rings. The highest BCUT2D eigenvalue weighted by Gasteiger charge is 2.18. The Labute approximate surface area is 126 Å². The molecular formula is C13H22ClN3O2S. The first-order chi connectivity index (χ1) is 9.26. The van der Waals surface area contributed by atoms with Crippen LogP contribution in [0.15, 0.2) is 23.1 Å². The molecule has 20 heavy (non-hydrogen) atoms. The standard InChI is InChI=1S/C13H22ClN3O2S/c1-10(6-7-17(2)3)16-20(18,19)12-4-5-13(14)11(8-12)9-15/h4-5,8,10,16H,6-7,9,15H2,1-3H3. The minimum absolute atomic E-state index is 0.139. The molecule has 0 saturated carbocycles. The van der Waals surface area contributed by atoms with E-state index in [1.165, 1.54) is 12.1 Å². The van der Waals surface area contributed by atoms with E-state index in [2.05, 4.69) is 4.72 Å². The third kappa shape index (κ3) is 5.03. The lowest BCUT2D eigenvalue weighted by atomic mass is 10.2. The van der Waals surface area contributed by atoms with Crippen LogP contribution in [0.5, 0.6) is 0 Å². The van der Waals surface area contributed by atoms with Gasteiger partial charge >= 0.3 is 0 Å². The Bertz CT molecular complexity index is 547. The number of sulfonamides is 1. The summed E-state index contributed by atoms with van der Waals surface area (Å²) in [6, 6.07) is 4.42. The molecule has 0 aliphatic carbocycles. The SMILES string of the molecule is CC(CCN(C)C)NS(=O)(=O)c1ccc(Cl)c(CN)c1. The molecule has 3 N–H and O–H groups in total. The number of nitrogens with zero attached hydrogens (tertiary/aromatic N) is 1. The molecule has 5 nitrogen and oxygen atoms in total. The van der Waals surface area contributed by atoms with Crippen molar-refractivity contribution in [2.45, 2.75) is 30.8 Å². The second kappa shape index (κ2) is 7.38. The van der Waals surface area contributed by atoms with Crippen molar-refractivity contribution >= 4 is 21.6 Å². The van der Waals surface area contributed by atoms with E-state index in [-0.39, 0.29) is 17.5 Å². The Balaban J connectivity index is 2.83. The number of hydrogen-bond donors (Lipinski definition) is 2. The van der Waals surface area contributed by atoms with Gasteiger partial charge in [-0.2, -0.15) is 0 Å². The number of halogens is 1. The van der Waals surface area contributed by atoms with E-state index in [9.17, 15) is 8.42 Å². The summed E-state index contributed by atoms with van der Waals surface area (Å²) in [5.74, 6) is 0. The molecule has 0 aromatic heterocycles. The lowest BCUT2D eigenvalue weighted by Gasteiger charge is -2.17. The van der Waals surface area contributed by atoms with Gasteiger partial charge in [-0.15, -0.1) is 0 Å². The van der Waals surface area contributed by atoms with E-state index in [1.807, 2.05) is 25.9 Å². The molecule has 0 amide bonds. The monoisotopic (exact) mass is 319 g/mol. The predicted molar refractivity (Wildman–Crippen MR) is 82.3 cm³/mol. The van der Waals surface area contributed by atoms with Crippen molar-refractivity contribution in [1.29, 1.82) is 0 Å². The van der Waals surface area contributed by atoms with Crippen molar-refractivity contribution in [3.05, 3.63) is 28.8 Å². The van der Waals surface area contributed by atoms with Gasteiger partial charge in [-0.1, -0.05) is 11.6 Å². The first kappa shape index (κ1) is 17.4. The van der Waals surface area contributed by atoms with E-state index in [4.69, 9.17) is 17.3 Å². The van der Waals surface area contributed by atoms with Gasteiger partial charge in [-0.05, 0) is 57.7 Å². The normalized spacial score (nSPS) is 13.7. The maximum absolute atomic E-state index is 12.3. The molecule has 1 rings (SSSR count). The summed E-state index contributed by atoms with van der Waals surface area (Å²) in [5, 5.41) is 0.479. The average Bonchev–Trinajstić information content (AvgIpc) is 2.36. The Morgan fingerprint density at radius 2 is 2.05 bits per heavy atom. The van der Waals surface area contributed by atoms with Crippen molar-refractivity contribution in [3.8, 4) is 0 Å². The van der Waals surface area contributed by atoms with E-state index in [0.717, 1.165) is 13.0 Å². The third-order valence-electron chi connectivity index (χ3n) is 2.91. The van der Waals surface area contributed by atoms with Gasteiger partial charge in [-0.3, -0.25) is 0 Å². The van der Waals surface area contributed by atoms with Crippen molar-refractivity contribution in [1.82, 2.24) is 9.62 Å². The Morgan fingerprint density at radius 1 is 1.40 bits per heavy atom. The van der Waals surface area contributed by atoms with Crippen LogP contribution in [-0.4, -0.2) is 40.0 Å². The molecule has 1 aromatic carbocycles. The summed E-state index contributed by atoms with van der Waals surface area (Å²) in [6.45, 7) is 2.87. The Hall–Kier alpha value is -0.660. The molecule has 0 fully saturated rings. The number of nitrogens with two attached hydrogens (primary N) is 1. The van der Waals surface area contributed by atoms with Crippen molar-refractivity contribution in [3.63, 3.8) is 0 Å². The molecule has 1 atom stereocenters. The number of hydrogen-bond acceptors (Lipinski definition) is 4. The molecule has 1 unspecified atom stereocenters. The Kier molecular flexibility index (Phi) is 6.42. The molecule has 114 valence electrons. The van der Waals surface area contributed by atoms with E-state index in [1.54, 1.807) is 6.07 Å². The molecule has 0 aliphatic heterocycles. The van der Waals surface area contributed by atoms with Crippen LogP contribution in [0.25, 0.3) is 0 Å². The number of benzene rings is 1. The summed E-state index contributed by atoms with van der Waals surface area (Å²) in [4.78, 5) is 2.21. The van der Waals surface area contributed by atoms with Gasteiger partial charge in [0.25, 0.3) is 0 Å². The van der Waals surface area contributed by atoms with Gasteiger partial charge in [0.05, 0.1) is 4.90 Å². The minimum atomic E-state index is -3.54. The third-order valence-corrected chi connectivity index (χ3v) is 4.87. The fraction of sp³-hybridized carbons (Fsp3) is 0.538. The number of nitrogens with one attached hydrogen (secondary N) is 1. The van der Waals surface area contributed by atoms with Crippen LogP contribution in [0.2, 0.25) is 5.02 Å². The summed E-state index contributed by atoms with van der Waals surface area (Å²) in [6.07, 6.45) is 0.740. The van der Waals surface area contributed by atoms with Crippen LogP contribution in [-0.2, 0) is 16.6 Å². The van der Waals surface area contributed by atoms with Gasteiger partial charge in [0.2, 0.25) is 10.0 Å². The first-order valence-electron chi connectivity index (χ1n) is 6.42. The zero-order valence-electron chi connectivity index (χ0n) is 12.1. The van der Waals surface area contributed by atoms with Gasteiger partial charge in [0.15, 0.2) is 0 Å². The predicted octanol–water partition coefficient (Wildman–Crippen LogP) is 1.42. The highest BCUT2D eigenvalue weighted by Crippen LogP contribution is 2.20. The van der Waals surface area contributed by atoms with Crippen molar-refractivity contribution in [2.75, 3.05) is 20.6 Å². The molecule has 0 saturated heterocycles. The molecule has 7 heteroatoms. The van der Waals surface area contributed by atoms with Crippen LogP contribution in [0.1, 0.15) is 18.9 Å². The minimum Gasteiger partial charge on any atom is -0.326 e. The molecule has 0 bridgehead atoms. The fourth-order valence-electron chi connectivity index (χ4n) is 1.72.